The van der Waals surface area contributed by atoms with Crippen LogP contribution < -0.4 is 15.4 Å². The second-order valence-electron chi connectivity index (χ2n) is 5.23. The molecule has 0 radical (unpaired) electrons. The Morgan fingerprint density at radius 1 is 1.38 bits per heavy atom. The molecule has 1 heterocycles. The van der Waals surface area contributed by atoms with Crippen molar-refractivity contribution in [3.63, 3.8) is 0 Å². The Labute approximate surface area is 147 Å². The van der Waals surface area contributed by atoms with Crippen LogP contribution in [-0.4, -0.2) is 39.9 Å². The molecule has 0 bridgehead atoms. The second-order valence-corrected chi connectivity index (χ2v) is 5.64. The van der Waals surface area contributed by atoms with Crippen LogP contribution in [0, 0.1) is 0 Å². The molecule has 0 aliphatic heterocycles. The van der Waals surface area contributed by atoms with Crippen molar-refractivity contribution in [2.75, 3.05) is 13.1 Å². The SMILES string of the molecule is CCNC(=NCc1ncnn1C)NCC(C)Oc1ccccc1Cl. The number of halogens is 1. The van der Waals surface area contributed by atoms with Gasteiger partial charge in [-0.2, -0.15) is 5.10 Å². The van der Waals surface area contributed by atoms with Gasteiger partial charge in [0.1, 0.15) is 30.5 Å². The van der Waals surface area contributed by atoms with Gasteiger partial charge in [-0.25, -0.2) is 9.98 Å². The van der Waals surface area contributed by atoms with Crippen LogP contribution in [0.1, 0.15) is 19.7 Å². The zero-order chi connectivity index (χ0) is 17.4. The van der Waals surface area contributed by atoms with E-state index < -0.39 is 0 Å². The molecule has 1 aromatic heterocycles. The molecule has 8 heteroatoms. The predicted molar refractivity (Wildman–Crippen MR) is 95.4 cm³/mol. The van der Waals surface area contributed by atoms with E-state index in [0.29, 0.717) is 29.8 Å². The maximum Gasteiger partial charge on any atom is 0.191 e. The van der Waals surface area contributed by atoms with E-state index in [1.807, 2.05) is 45.2 Å². The minimum atomic E-state index is -0.0661. The maximum atomic E-state index is 6.11. The quantitative estimate of drug-likeness (QED) is 0.590. The van der Waals surface area contributed by atoms with Crippen molar-refractivity contribution < 1.29 is 4.74 Å². The Kier molecular flexibility index (Phi) is 6.87. The zero-order valence-electron chi connectivity index (χ0n) is 14.2. The lowest BCUT2D eigenvalue weighted by Crippen LogP contribution is -2.41. The molecule has 0 fully saturated rings. The lowest BCUT2D eigenvalue weighted by Gasteiger charge is -2.18. The van der Waals surface area contributed by atoms with Gasteiger partial charge < -0.3 is 15.4 Å². The molecule has 1 aromatic carbocycles. The minimum Gasteiger partial charge on any atom is -0.487 e. The van der Waals surface area contributed by atoms with E-state index in [9.17, 15) is 0 Å². The summed E-state index contributed by atoms with van der Waals surface area (Å²) in [5.74, 6) is 2.18. The Balaban J connectivity index is 1.88. The molecule has 130 valence electrons. The van der Waals surface area contributed by atoms with Crippen molar-refractivity contribution in [1.29, 1.82) is 0 Å². The topological polar surface area (TPSA) is 76.4 Å². The Bertz CT molecular complexity index is 672. The first-order valence-electron chi connectivity index (χ1n) is 7.86. The number of guanidine groups is 1. The summed E-state index contributed by atoms with van der Waals surface area (Å²) >= 11 is 6.11. The summed E-state index contributed by atoms with van der Waals surface area (Å²) in [6.45, 7) is 5.80. The Hall–Kier alpha value is -2.28. The average molecular weight is 351 g/mol. The van der Waals surface area contributed by atoms with Crippen molar-refractivity contribution in [2.45, 2.75) is 26.5 Å². The number of aromatic nitrogens is 3. The number of benzene rings is 1. The molecule has 0 aliphatic rings. The molecule has 0 aliphatic carbocycles. The Morgan fingerprint density at radius 3 is 2.83 bits per heavy atom. The number of para-hydroxylation sites is 1. The first kappa shape index (κ1) is 18.1. The van der Waals surface area contributed by atoms with Crippen LogP contribution >= 0.6 is 11.6 Å². The summed E-state index contributed by atoms with van der Waals surface area (Å²) < 4.78 is 7.54. The zero-order valence-corrected chi connectivity index (χ0v) is 14.9. The van der Waals surface area contributed by atoms with Gasteiger partial charge in [0, 0.05) is 13.6 Å². The molecule has 1 atom stereocenters. The molecule has 2 N–H and O–H groups in total. The van der Waals surface area contributed by atoms with Crippen molar-refractivity contribution >= 4 is 17.6 Å². The van der Waals surface area contributed by atoms with E-state index >= 15 is 0 Å². The highest BCUT2D eigenvalue weighted by molar-refractivity contribution is 6.32. The van der Waals surface area contributed by atoms with Gasteiger partial charge in [0.2, 0.25) is 0 Å². The summed E-state index contributed by atoms with van der Waals surface area (Å²) in [6.07, 6.45) is 1.45. The molecule has 24 heavy (non-hydrogen) atoms. The number of nitrogens with zero attached hydrogens (tertiary/aromatic N) is 4. The molecule has 1 unspecified atom stereocenters. The normalized spacial score (nSPS) is 12.8. The highest BCUT2D eigenvalue weighted by atomic mass is 35.5. The molecule has 0 saturated heterocycles. The van der Waals surface area contributed by atoms with Crippen LogP contribution in [-0.2, 0) is 13.6 Å². The predicted octanol–water partition coefficient (Wildman–Crippen LogP) is 1.99. The first-order chi connectivity index (χ1) is 11.6. The summed E-state index contributed by atoms with van der Waals surface area (Å²) in [5.41, 5.74) is 0. The second kappa shape index (κ2) is 9.12. The summed E-state index contributed by atoms with van der Waals surface area (Å²) in [6, 6.07) is 7.43. The third-order valence-corrected chi connectivity index (χ3v) is 3.56. The van der Waals surface area contributed by atoms with Crippen molar-refractivity contribution in [1.82, 2.24) is 25.4 Å². The first-order valence-corrected chi connectivity index (χ1v) is 8.24. The van der Waals surface area contributed by atoms with Gasteiger partial charge in [0.15, 0.2) is 5.96 Å². The fourth-order valence-corrected chi connectivity index (χ4v) is 2.17. The van der Waals surface area contributed by atoms with Gasteiger partial charge >= 0.3 is 0 Å². The number of ether oxygens (including phenoxy) is 1. The standard InChI is InChI=1S/C16H23ClN6O/c1-4-18-16(20-10-15-21-11-22-23(15)3)19-9-12(2)24-14-8-6-5-7-13(14)17/h5-8,11-12H,4,9-10H2,1-3H3,(H2,18,19,20). The van der Waals surface area contributed by atoms with E-state index in [2.05, 4.69) is 25.7 Å². The third kappa shape index (κ3) is 5.42. The van der Waals surface area contributed by atoms with Crippen LogP contribution in [0.3, 0.4) is 0 Å². The number of rotatable bonds is 7. The van der Waals surface area contributed by atoms with Gasteiger partial charge in [-0.1, -0.05) is 23.7 Å². The van der Waals surface area contributed by atoms with Crippen LogP contribution in [0.25, 0.3) is 0 Å². The highest BCUT2D eigenvalue weighted by Gasteiger charge is 2.08. The molecule has 0 amide bonds. The highest BCUT2D eigenvalue weighted by Crippen LogP contribution is 2.23. The monoisotopic (exact) mass is 350 g/mol. The molecule has 0 saturated carbocycles. The molecule has 0 spiro atoms. The van der Waals surface area contributed by atoms with Crippen molar-refractivity contribution in [3.05, 3.63) is 41.4 Å². The van der Waals surface area contributed by atoms with Crippen LogP contribution in [0.5, 0.6) is 5.75 Å². The summed E-state index contributed by atoms with van der Waals surface area (Å²) in [5, 5.41) is 11.1. The van der Waals surface area contributed by atoms with Gasteiger partial charge in [-0.3, -0.25) is 4.68 Å². The minimum absolute atomic E-state index is 0.0661. The van der Waals surface area contributed by atoms with Crippen LogP contribution in [0.2, 0.25) is 5.02 Å². The lowest BCUT2D eigenvalue weighted by atomic mass is 10.3. The average Bonchev–Trinajstić information content (AvgIpc) is 2.97. The van der Waals surface area contributed by atoms with Crippen LogP contribution in [0.15, 0.2) is 35.6 Å². The smallest absolute Gasteiger partial charge is 0.191 e. The van der Waals surface area contributed by atoms with E-state index in [4.69, 9.17) is 16.3 Å². The lowest BCUT2D eigenvalue weighted by molar-refractivity contribution is 0.224. The van der Waals surface area contributed by atoms with Crippen molar-refractivity contribution in [2.24, 2.45) is 12.0 Å². The fourth-order valence-electron chi connectivity index (χ4n) is 1.99. The largest absolute Gasteiger partial charge is 0.487 e. The molecule has 2 aromatic rings. The summed E-state index contributed by atoms with van der Waals surface area (Å²) in [7, 11) is 1.84. The molecular weight excluding hydrogens is 328 g/mol. The van der Waals surface area contributed by atoms with Gasteiger partial charge in [0.05, 0.1) is 11.6 Å². The number of aryl methyl sites for hydroxylation is 1. The number of nitrogens with one attached hydrogen (secondary N) is 2. The van der Waals surface area contributed by atoms with E-state index in [0.717, 1.165) is 12.4 Å². The van der Waals surface area contributed by atoms with Crippen molar-refractivity contribution in [3.8, 4) is 5.75 Å². The van der Waals surface area contributed by atoms with Gasteiger partial charge in [0.25, 0.3) is 0 Å². The number of hydrogen-bond donors (Lipinski definition) is 2. The van der Waals surface area contributed by atoms with E-state index in [-0.39, 0.29) is 6.10 Å². The Morgan fingerprint density at radius 2 is 2.17 bits per heavy atom. The third-order valence-electron chi connectivity index (χ3n) is 3.25. The van der Waals surface area contributed by atoms with Gasteiger partial charge in [-0.05, 0) is 26.0 Å². The maximum absolute atomic E-state index is 6.11. The molecule has 2 rings (SSSR count). The van der Waals surface area contributed by atoms with Crippen LogP contribution in [0.4, 0.5) is 0 Å². The molecular formula is C16H23ClN6O. The van der Waals surface area contributed by atoms with Gasteiger partial charge in [-0.15, -0.1) is 0 Å². The van der Waals surface area contributed by atoms with E-state index in [1.54, 1.807) is 4.68 Å². The number of hydrogen-bond acceptors (Lipinski definition) is 4. The fraction of sp³-hybridized carbons (Fsp3) is 0.438. The van der Waals surface area contributed by atoms with E-state index in [1.165, 1.54) is 6.33 Å². The summed E-state index contributed by atoms with van der Waals surface area (Å²) in [4.78, 5) is 8.66. The number of aliphatic imine (C=N–C) groups is 1. The molecule has 7 nitrogen and oxygen atoms in total.